The van der Waals surface area contributed by atoms with E-state index in [1.165, 1.54) is 12.1 Å². The van der Waals surface area contributed by atoms with E-state index in [-0.39, 0.29) is 11.4 Å². The number of anilines is 1. The van der Waals surface area contributed by atoms with Gasteiger partial charge in [-0.05, 0) is 30.7 Å². The van der Waals surface area contributed by atoms with Crippen LogP contribution in [0, 0.1) is 12.8 Å². The van der Waals surface area contributed by atoms with E-state index in [0.29, 0.717) is 5.56 Å². The summed E-state index contributed by atoms with van der Waals surface area (Å²) in [6.07, 6.45) is -4.52. The first-order valence-corrected chi connectivity index (χ1v) is 8.46. The van der Waals surface area contributed by atoms with Gasteiger partial charge in [-0.15, -0.1) is 0 Å². The van der Waals surface area contributed by atoms with Gasteiger partial charge in [0.05, 0.1) is 11.6 Å². The number of rotatable bonds is 3. The minimum atomic E-state index is -4.52. The van der Waals surface area contributed by atoms with Gasteiger partial charge < -0.3 is 16.0 Å². The second kappa shape index (κ2) is 7.38. The largest absolute Gasteiger partial charge is 0.416 e. The Morgan fingerprint density at radius 1 is 1.14 bits per heavy atom. The maximum atomic E-state index is 12.9. The molecule has 3 rings (SSSR count). The van der Waals surface area contributed by atoms with Gasteiger partial charge in [-0.25, -0.2) is 4.79 Å². The number of amides is 3. The molecule has 1 saturated heterocycles. The summed E-state index contributed by atoms with van der Waals surface area (Å²) < 4.78 is 38.7. The number of hydrogen-bond acceptors (Lipinski definition) is 2. The molecule has 1 aliphatic heterocycles. The fourth-order valence-electron chi connectivity index (χ4n) is 3.04. The van der Waals surface area contributed by atoms with E-state index < -0.39 is 35.6 Å². The average molecular weight is 389 g/mol. The average Bonchev–Trinajstić information content (AvgIpc) is 2.61. The quantitative estimate of drug-likeness (QED) is 0.739. The van der Waals surface area contributed by atoms with Crippen LogP contribution in [0.4, 0.5) is 23.7 Å². The van der Waals surface area contributed by atoms with Crippen molar-refractivity contribution < 1.29 is 22.8 Å². The molecule has 1 heterocycles. The van der Waals surface area contributed by atoms with Crippen molar-refractivity contribution in [2.45, 2.75) is 19.1 Å². The number of carbonyl (C=O) groups excluding carboxylic acids is 2. The second-order valence-electron chi connectivity index (χ2n) is 6.56. The summed E-state index contributed by atoms with van der Waals surface area (Å²) >= 11 is 0. The Kier molecular flexibility index (Phi) is 5.13. The summed E-state index contributed by atoms with van der Waals surface area (Å²) in [4.78, 5) is 24.7. The van der Waals surface area contributed by atoms with E-state index in [4.69, 9.17) is 0 Å². The van der Waals surface area contributed by atoms with E-state index in [1.807, 2.05) is 19.1 Å². The predicted octanol–water partition coefficient (Wildman–Crippen LogP) is 4.14. The van der Waals surface area contributed by atoms with Crippen LogP contribution >= 0.6 is 0 Å². The van der Waals surface area contributed by atoms with Crippen molar-refractivity contribution in [3.63, 3.8) is 0 Å². The van der Waals surface area contributed by atoms with Crippen molar-refractivity contribution in [1.29, 1.82) is 0 Å². The molecule has 0 spiro atoms. The fourth-order valence-corrected chi connectivity index (χ4v) is 3.04. The van der Waals surface area contributed by atoms with Crippen molar-refractivity contribution in [1.82, 2.24) is 10.6 Å². The second-order valence-corrected chi connectivity index (χ2v) is 6.56. The van der Waals surface area contributed by atoms with E-state index >= 15 is 0 Å². The number of carbonyl (C=O) groups is 2. The minimum absolute atomic E-state index is 0.00665. The molecule has 0 radical (unpaired) electrons. The summed E-state index contributed by atoms with van der Waals surface area (Å²) in [5.74, 6) is -1.49. The van der Waals surface area contributed by atoms with Crippen molar-refractivity contribution in [2.75, 3.05) is 5.32 Å². The summed E-state index contributed by atoms with van der Waals surface area (Å²) in [6, 6.07) is 10.4. The fraction of sp³-hybridized carbons (Fsp3) is 0.200. The molecule has 0 aliphatic carbocycles. The molecule has 3 amide bonds. The Morgan fingerprint density at radius 2 is 1.82 bits per heavy atom. The molecule has 0 aromatic heterocycles. The van der Waals surface area contributed by atoms with Crippen molar-refractivity contribution in [3.05, 3.63) is 77.5 Å². The van der Waals surface area contributed by atoms with Gasteiger partial charge in [-0.1, -0.05) is 42.5 Å². The maximum absolute atomic E-state index is 12.9. The van der Waals surface area contributed by atoms with Gasteiger partial charge in [0.2, 0.25) is 5.91 Å². The number of nitrogens with one attached hydrogen (secondary N) is 3. The SMILES string of the molecule is C=C1NC(=O)N[C@@H](c2ccc(C)cc2)[C@@H]1C(=O)Nc1cccc(C(F)(F)F)c1. The predicted molar refractivity (Wildman–Crippen MR) is 98.3 cm³/mol. The molecule has 0 unspecified atom stereocenters. The zero-order chi connectivity index (χ0) is 20.5. The standard InChI is InChI=1S/C20H18F3N3O2/c1-11-6-8-13(9-7-11)17-16(12(2)24-19(28)26-17)18(27)25-15-5-3-4-14(10-15)20(21,22)23/h3-10,16-17H,2H2,1H3,(H,25,27)(H2,24,26,28)/t16-,17+/m1/s1. The normalized spacial score (nSPS) is 19.6. The van der Waals surface area contributed by atoms with Crippen LogP contribution < -0.4 is 16.0 Å². The third kappa shape index (κ3) is 4.16. The number of hydrogen-bond donors (Lipinski definition) is 3. The molecular weight excluding hydrogens is 371 g/mol. The molecule has 8 heteroatoms. The molecule has 1 aliphatic rings. The highest BCUT2D eigenvalue weighted by Gasteiger charge is 2.38. The Labute approximate surface area is 159 Å². The molecule has 0 bridgehead atoms. The Bertz CT molecular complexity index is 923. The first-order chi connectivity index (χ1) is 13.1. The van der Waals surface area contributed by atoms with Crippen LogP contribution in [0.3, 0.4) is 0 Å². The van der Waals surface area contributed by atoms with Crippen LogP contribution in [0.1, 0.15) is 22.7 Å². The topological polar surface area (TPSA) is 70.2 Å². The monoisotopic (exact) mass is 389 g/mol. The lowest BCUT2D eigenvalue weighted by atomic mass is 9.88. The van der Waals surface area contributed by atoms with Crippen molar-refractivity contribution >= 4 is 17.6 Å². The number of aryl methyl sites for hydroxylation is 1. The van der Waals surface area contributed by atoms with Gasteiger partial charge in [0.25, 0.3) is 0 Å². The summed E-state index contributed by atoms with van der Waals surface area (Å²) in [5, 5.41) is 7.63. The molecule has 146 valence electrons. The summed E-state index contributed by atoms with van der Waals surface area (Å²) in [5.41, 5.74) is 0.999. The number of halogens is 3. The van der Waals surface area contributed by atoms with Gasteiger partial charge >= 0.3 is 12.2 Å². The number of benzene rings is 2. The van der Waals surface area contributed by atoms with Crippen LogP contribution in [0.2, 0.25) is 0 Å². The highest BCUT2D eigenvalue weighted by molar-refractivity contribution is 5.97. The third-order valence-corrected chi connectivity index (χ3v) is 4.45. The molecule has 1 fully saturated rings. The molecule has 3 N–H and O–H groups in total. The van der Waals surface area contributed by atoms with E-state index in [0.717, 1.165) is 17.7 Å². The zero-order valence-electron chi connectivity index (χ0n) is 14.9. The molecule has 2 aromatic carbocycles. The Morgan fingerprint density at radius 3 is 2.46 bits per heavy atom. The van der Waals surface area contributed by atoms with Gasteiger partial charge in [0.1, 0.15) is 5.92 Å². The number of urea groups is 1. The molecule has 2 aromatic rings. The van der Waals surface area contributed by atoms with Gasteiger partial charge in [-0.3, -0.25) is 4.79 Å². The smallest absolute Gasteiger partial charge is 0.330 e. The molecule has 2 atom stereocenters. The highest BCUT2D eigenvalue weighted by atomic mass is 19.4. The van der Waals surface area contributed by atoms with Crippen LogP contribution in [0.25, 0.3) is 0 Å². The lowest BCUT2D eigenvalue weighted by Gasteiger charge is -2.34. The van der Waals surface area contributed by atoms with Gasteiger partial charge in [0.15, 0.2) is 0 Å². The van der Waals surface area contributed by atoms with E-state index in [1.54, 1.807) is 12.1 Å². The molecule has 5 nitrogen and oxygen atoms in total. The van der Waals surface area contributed by atoms with Crippen molar-refractivity contribution in [3.8, 4) is 0 Å². The van der Waals surface area contributed by atoms with Gasteiger partial charge in [-0.2, -0.15) is 13.2 Å². The van der Waals surface area contributed by atoms with Crippen molar-refractivity contribution in [2.24, 2.45) is 5.92 Å². The molecule has 0 saturated carbocycles. The summed E-state index contributed by atoms with van der Waals surface area (Å²) in [6.45, 7) is 5.65. The van der Waals surface area contributed by atoms with Gasteiger partial charge in [0, 0.05) is 11.4 Å². The minimum Gasteiger partial charge on any atom is -0.330 e. The van der Waals surface area contributed by atoms with Crippen LogP contribution in [0.15, 0.2) is 60.8 Å². The lowest BCUT2D eigenvalue weighted by Crippen LogP contribution is -2.51. The highest BCUT2D eigenvalue weighted by Crippen LogP contribution is 2.33. The summed E-state index contributed by atoms with van der Waals surface area (Å²) in [7, 11) is 0. The Balaban J connectivity index is 1.88. The maximum Gasteiger partial charge on any atom is 0.416 e. The van der Waals surface area contributed by atoms with Crippen LogP contribution in [-0.2, 0) is 11.0 Å². The van der Waals surface area contributed by atoms with E-state index in [2.05, 4.69) is 22.5 Å². The molecular formula is C20H18F3N3O2. The lowest BCUT2D eigenvalue weighted by molar-refractivity contribution is -0.137. The first kappa shape index (κ1) is 19.5. The zero-order valence-corrected chi connectivity index (χ0v) is 14.9. The van der Waals surface area contributed by atoms with Crippen LogP contribution in [0.5, 0.6) is 0 Å². The first-order valence-electron chi connectivity index (χ1n) is 8.46. The third-order valence-electron chi connectivity index (χ3n) is 4.45. The molecule has 28 heavy (non-hydrogen) atoms. The van der Waals surface area contributed by atoms with Crippen LogP contribution in [-0.4, -0.2) is 11.9 Å². The Hall–Kier alpha value is -3.29. The van der Waals surface area contributed by atoms with E-state index in [9.17, 15) is 22.8 Å². The number of alkyl halides is 3.